The first-order valence-corrected chi connectivity index (χ1v) is 10.1. The van der Waals surface area contributed by atoms with Crippen molar-refractivity contribution in [3.8, 4) is 0 Å². The predicted molar refractivity (Wildman–Crippen MR) is 80.5 cm³/mol. The van der Waals surface area contributed by atoms with Crippen LogP contribution in [0.2, 0.25) is 18.1 Å². The van der Waals surface area contributed by atoms with Crippen molar-refractivity contribution in [1.82, 2.24) is 0 Å². The highest BCUT2D eigenvalue weighted by Crippen LogP contribution is 2.39. The van der Waals surface area contributed by atoms with Crippen molar-refractivity contribution in [1.29, 1.82) is 0 Å². The van der Waals surface area contributed by atoms with Crippen LogP contribution in [0.15, 0.2) is 12.2 Å². The topological polar surface area (TPSA) is 35.5 Å². The molecule has 0 radical (unpaired) electrons. The molecule has 3 nitrogen and oxygen atoms in total. The van der Waals surface area contributed by atoms with E-state index < -0.39 is 8.32 Å². The van der Waals surface area contributed by atoms with Crippen LogP contribution < -0.4 is 0 Å². The molecule has 3 atom stereocenters. The summed E-state index contributed by atoms with van der Waals surface area (Å²) in [4.78, 5) is 11.4. The van der Waals surface area contributed by atoms with E-state index in [0.29, 0.717) is 0 Å². The Hall–Kier alpha value is -0.613. The van der Waals surface area contributed by atoms with Gasteiger partial charge in [-0.1, -0.05) is 40.7 Å². The molecule has 0 amide bonds. The summed E-state index contributed by atoms with van der Waals surface area (Å²) in [5.41, 5.74) is 0. The monoisotopic (exact) mass is 284 g/mol. The third-order valence-corrected chi connectivity index (χ3v) is 8.83. The minimum absolute atomic E-state index is 0.00945. The van der Waals surface area contributed by atoms with Gasteiger partial charge in [-0.15, -0.1) is 0 Å². The van der Waals surface area contributed by atoms with Gasteiger partial charge in [0, 0.05) is 12.0 Å². The van der Waals surface area contributed by atoms with Gasteiger partial charge in [0.05, 0.1) is 6.10 Å². The van der Waals surface area contributed by atoms with Crippen LogP contribution >= 0.6 is 0 Å². The van der Waals surface area contributed by atoms with Gasteiger partial charge in [-0.2, -0.15) is 0 Å². The van der Waals surface area contributed by atoms with Gasteiger partial charge < -0.3 is 9.16 Å². The predicted octanol–water partition coefficient (Wildman–Crippen LogP) is 3.90. The number of carbonyl (C=O) groups excluding carboxylic acids is 1. The minimum Gasteiger partial charge on any atom is -0.456 e. The molecule has 19 heavy (non-hydrogen) atoms. The summed E-state index contributed by atoms with van der Waals surface area (Å²) in [7, 11) is -1.84. The maximum Gasteiger partial charge on any atom is 0.330 e. The first-order valence-electron chi connectivity index (χ1n) is 7.15. The van der Waals surface area contributed by atoms with Crippen LogP contribution in [0.25, 0.3) is 0 Å². The molecule has 0 saturated heterocycles. The van der Waals surface area contributed by atoms with E-state index >= 15 is 0 Å². The Morgan fingerprint density at radius 1 is 1.42 bits per heavy atom. The third kappa shape index (κ3) is 3.92. The lowest BCUT2D eigenvalue weighted by atomic mass is 9.96. The van der Waals surface area contributed by atoms with Crippen molar-refractivity contribution in [3.63, 3.8) is 0 Å². The van der Waals surface area contributed by atoms with Crippen LogP contribution in [-0.2, 0) is 14.0 Å². The third-order valence-electron chi connectivity index (χ3n) is 4.33. The molecular weight excluding hydrogens is 256 g/mol. The Labute approximate surface area is 118 Å². The van der Waals surface area contributed by atoms with Crippen LogP contribution in [0.3, 0.4) is 0 Å². The highest BCUT2D eigenvalue weighted by Gasteiger charge is 2.42. The summed E-state index contributed by atoms with van der Waals surface area (Å²) >= 11 is 0. The Morgan fingerprint density at radius 3 is 2.47 bits per heavy atom. The summed E-state index contributed by atoms with van der Waals surface area (Å²) in [6, 6.07) is 0. The zero-order valence-corrected chi connectivity index (χ0v) is 14.3. The highest BCUT2D eigenvalue weighted by molar-refractivity contribution is 6.74. The van der Waals surface area contributed by atoms with E-state index in [4.69, 9.17) is 9.16 Å². The lowest BCUT2D eigenvalue weighted by Gasteiger charge is -2.42. The number of hydrogen-bond donors (Lipinski definition) is 0. The van der Waals surface area contributed by atoms with Crippen molar-refractivity contribution in [2.75, 3.05) is 0 Å². The van der Waals surface area contributed by atoms with E-state index in [1.54, 1.807) is 0 Å². The lowest BCUT2D eigenvalue weighted by molar-refractivity contribution is -0.152. The molecule has 1 heterocycles. The van der Waals surface area contributed by atoms with Gasteiger partial charge in [0.2, 0.25) is 0 Å². The molecule has 0 fully saturated rings. The largest absolute Gasteiger partial charge is 0.456 e. The molecule has 0 spiro atoms. The van der Waals surface area contributed by atoms with Crippen LogP contribution in [-0.4, -0.2) is 26.5 Å². The van der Waals surface area contributed by atoms with Gasteiger partial charge in [0.15, 0.2) is 8.32 Å². The molecular formula is C15H28O3Si. The molecule has 0 aliphatic carbocycles. The van der Waals surface area contributed by atoms with E-state index in [-0.39, 0.29) is 29.1 Å². The smallest absolute Gasteiger partial charge is 0.330 e. The number of carbonyl (C=O) groups is 1. The Morgan fingerprint density at radius 2 is 2.00 bits per heavy atom. The molecule has 0 aromatic carbocycles. The van der Waals surface area contributed by atoms with Crippen molar-refractivity contribution < 1.29 is 14.0 Å². The molecule has 0 saturated carbocycles. The van der Waals surface area contributed by atoms with Gasteiger partial charge >= 0.3 is 5.97 Å². The van der Waals surface area contributed by atoms with E-state index in [9.17, 15) is 4.79 Å². The van der Waals surface area contributed by atoms with Crippen molar-refractivity contribution >= 4 is 14.3 Å². The number of ether oxygens (including phenoxy) is 1. The lowest BCUT2D eigenvalue weighted by Crippen LogP contribution is -2.49. The van der Waals surface area contributed by atoms with Crippen LogP contribution in [0, 0.1) is 5.92 Å². The first-order chi connectivity index (χ1) is 8.58. The molecule has 0 bridgehead atoms. The zero-order chi connectivity index (χ0) is 14.8. The second-order valence-corrected chi connectivity index (χ2v) is 11.7. The molecule has 0 aromatic rings. The molecule has 1 rings (SSSR count). The number of cyclic esters (lactones) is 1. The van der Waals surface area contributed by atoms with Gasteiger partial charge in [0.1, 0.15) is 6.10 Å². The molecule has 0 N–H and O–H groups in total. The molecule has 1 aliphatic rings. The second kappa shape index (κ2) is 5.79. The van der Waals surface area contributed by atoms with Crippen LogP contribution in [0.1, 0.15) is 41.0 Å². The van der Waals surface area contributed by atoms with E-state index in [0.717, 1.165) is 6.42 Å². The van der Waals surface area contributed by atoms with E-state index in [1.165, 1.54) is 6.08 Å². The number of hydrogen-bond acceptors (Lipinski definition) is 3. The van der Waals surface area contributed by atoms with Gasteiger partial charge in [-0.3, -0.25) is 0 Å². The second-order valence-electron chi connectivity index (χ2n) is 6.94. The van der Waals surface area contributed by atoms with Crippen LogP contribution in [0.4, 0.5) is 0 Å². The molecule has 110 valence electrons. The average molecular weight is 284 g/mol. The van der Waals surface area contributed by atoms with Gasteiger partial charge in [-0.05, 0) is 24.6 Å². The van der Waals surface area contributed by atoms with Crippen molar-refractivity contribution in [2.45, 2.75) is 71.4 Å². The zero-order valence-electron chi connectivity index (χ0n) is 13.3. The molecule has 0 aromatic heterocycles. The van der Waals surface area contributed by atoms with Crippen LogP contribution in [0.5, 0.6) is 0 Å². The normalized spacial score (nSPS) is 26.2. The average Bonchev–Trinajstić information content (AvgIpc) is 2.28. The molecule has 0 unspecified atom stereocenters. The maximum absolute atomic E-state index is 11.4. The molecule has 1 aliphatic heterocycles. The van der Waals surface area contributed by atoms with Gasteiger partial charge in [-0.25, -0.2) is 4.79 Å². The maximum atomic E-state index is 11.4. The summed E-state index contributed by atoms with van der Waals surface area (Å²) in [6.07, 6.45) is 4.14. The quantitative estimate of drug-likeness (QED) is 0.580. The standard InChI is InChI=1S/C15H28O3Si/c1-8-12(18-19(6,7)15(3,4)5)14-11(2)9-10-13(16)17-14/h9-12,14H,8H2,1-7H3/t11-,12-,14-/m1/s1. The number of esters is 1. The summed E-state index contributed by atoms with van der Waals surface area (Å²) in [5, 5.41) is 0.165. The van der Waals surface area contributed by atoms with E-state index in [2.05, 4.69) is 47.7 Å². The van der Waals surface area contributed by atoms with Crippen molar-refractivity contribution in [2.24, 2.45) is 5.92 Å². The fourth-order valence-corrected chi connectivity index (χ4v) is 3.38. The SMILES string of the molecule is CC[C@@H](O[Si](C)(C)C(C)(C)C)[C@@H]1OC(=O)C=C[C@H]1C. The summed E-state index contributed by atoms with van der Waals surface area (Å²) in [6.45, 7) is 15.3. The Balaban J connectivity index is 2.84. The Kier molecular flexibility index (Phi) is 5.01. The first kappa shape index (κ1) is 16.4. The fraction of sp³-hybridized carbons (Fsp3) is 0.800. The minimum atomic E-state index is -1.84. The van der Waals surface area contributed by atoms with Gasteiger partial charge in [0.25, 0.3) is 0 Å². The van der Waals surface area contributed by atoms with Crippen molar-refractivity contribution in [3.05, 3.63) is 12.2 Å². The fourth-order valence-electron chi connectivity index (χ4n) is 1.97. The Bertz CT molecular complexity index is 355. The summed E-state index contributed by atoms with van der Waals surface area (Å²) < 4.78 is 11.9. The summed E-state index contributed by atoms with van der Waals surface area (Å²) in [5.74, 6) is -0.0344. The number of rotatable bonds is 4. The van der Waals surface area contributed by atoms with E-state index in [1.807, 2.05) is 6.08 Å². The molecule has 4 heteroatoms. The highest BCUT2D eigenvalue weighted by atomic mass is 28.4.